The van der Waals surface area contributed by atoms with E-state index in [1.807, 2.05) is 0 Å². The topological polar surface area (TPSA) is 4.44 Å². The first-order chi connectivity index (χ1) is 9.45. The van der Waals surface area contributed by atoms with Crippen LogP contribution in [-0.2, 0) is 0 Å². The van der Waals surface area contributed by atoms with Gasteiger partial charge in [0.25, 0.3) is 0 Å². The summed E-state index contributed by atoms with van der Waals surface area (Å²) in [6, 6.07) is 0. The zero-order valence-electron chi connectivity index (χ0n) is 12.4. The minimum absolute atomic E-state index is 1.20. The first kappa shape index (κ1) is 14.6. The van der Waals surface area contributed by atoms with Crippen molar-refractivity contribution in [3.63, 3.8) is 0 Å². The van der Waals surface area contributed by atoms with Crippen molar-refractivity contribution in [3.8, 4) is 0 Å². The normalized spacial score (nSPS) is 26.9. The van der Waals surface area contributed by atoms with Crippen LogP contribution < -0.4 is 4.90 Å². The summed E-state index contributed by atoms with van der Waals surface area (Å²) < 4.78 is 0. The van der Waals surface area contributed by atoms with E-state index in [1.165, 1.54) is 77.3 Å². The van der Waals surface area contributed by atoms with E-state index in [0.29, 0.717) is 0 Å². The van der Waals surface area contributed by atoms with Crippen LogP contribution in [0, 0.1) is 0 Å². The van der Waals surface area contributed by atoms with Gasteiger partial charge in [-0.15, -0.1) is 0 Å². The number of allylic oxidation sites excluding steroid dienone is 4. The molecule has 2 bridgehead atoms. The van der Waals surface area contributed by atoms with Gasteiger partial charge >= 0.3 is 0 Å². The molecule has 1 nitrogen and oxygen atoms in total. The predicted octanol–water partition coefficient (Wildman–Crippen LogP) is 3.80. The molecule has 1 N–H and O–H groups in total. The van der Waals surface area contributed by atoms with E-state index in [2.05, 4.69) is 30.5 Å². The summed E-state index contributed by atoms with van der Waals surface area (Å²) in [5.74, 6) is 0. The third-order valence-corrected chi connectivity index (χ3v) is 4.22. The van der Waals surface area contributed by atoms with Crippen molar-refractivity contribution >= 4 is 0 Å². The minimum Gasteiger partial charge on any atom is -0.305 e. The fraction of sp³-hybridized carbons (Fsp3) is 0.667. The van der Waals surface area contributed by atoms with Gasteiger partial charge in [0.2, 0.25) is 0 Å². The average molecular weight is 260 g/mol. The van der Waals surface area contributed by atoms with Crippen LogP contribution in [0.3, 0.4) is 0 Å². The molecule has 1 unspecified atom stereocenters. The zero-order chi connectivity index (χ0) is 13.2. The lowest BCUT2D eigenvalue weighted by Crippen LogP contribution is -3.07. The monoisotopic (exact) mass is 260 g/mol. The molecule has 0 saturated carbocycles. The highest BCUT2D eigenvalue weighted by Crippen LogP contribution is 2.13. The van der Waals surface area contributed by atoms with E-state index in [9.17, 15) is 0 Å². The minimum atomic E-state index is 1.20. The third-order valence-electron chi connectivity index (χ3n) is 4.22. The number of hydrogen-bond acceptors (Lipinski definition) is 0. The number of rotatable bonds is 0. The molecule has 0 amide bonds. The van der Waals surface area contributed by atoms with Crippen LogP contribution in [0.2, 0.25) is 0 Å². The number of fused-ring (bicyclic) bond motifs is 1. The lowest BCUT2D eigenvalue weighted by molar-refractivity contribution is -0.841. The Morgan fingerprint density at radius 1 is 0.737 bits per heavy atom. The van der Waals surface area contributed by atoms with E-state index in [1.54, 1.807) is 10.5 Å². The lowest BCUT2D eigenvalue weighted by Gasteiger charge is -2.18. The predicted molar refractivity (Wildman–Crippen MR) is 83.2 cm³/mol. The summed E-state index contributed by atoms with van der Waals surface area (Å²) >= 11 is 0. The molecule has 0 saturated heterocycles. The fourth-order valence-corrected chi connectivity index (χ4v) is 3.03. The molecule has 2 rings (SSSR count). The van der Waals surface area contributed by atoms with E-state index in [4.69, 9.17) is 0 Å². The smallest absolute Gasteiger partial charge is 0.100 e. The van der Waals surface area contributed by atoms with Crippen LogP contribution in [0.25, 0.3) is 0 Å². The maximum atomic E-state index is 2.49. The van der Waals surface area contributed by atoms with Crippen LogP contribution in [-0.4, -0.2) is 13.1 Å². The van der Waals surface area contributed by atoms with Crippen molar-refractivity contribution in [1.82, 2.24) is 0 Å². The number of nitrogens with one attached hydrogen (secondary N) is 1. The Morgan fingerprint density at radius 2 is 1.47 bits per heavy atom. The molecule has 2 aliphatic rings. The molecule has 0 aliphatic carbocycles. The molecule has 0 radical (unpaired) electrons. The Bertz CT molecular complexity index is 325. The first-order valence-electron chi connectivity index (χ1n) is 8.32. The van der Waals surface area contributed by atoms with Gasteiger partial charge in [-0.3, -0.25) is 0 Å². The molecular formula is C18H30N+. The van der Waals surface area contributed by atoms with Crippen molar-refractivity contribution < 1.29 is 4.90 Å². The molecule has 1 heteroatoms. The van der Waals surface area contributed by atoms with Crippen LogP contribution >= 0.6 is 0 Å². The summed E-state index contributed by atoms with van der Waals surface area (Å²) in [6.07, 6.45) is 25.6. The molecule has 106 valence electrons. The Morgan fingerprint density at radius 3 is 2.32 bits per heavy atom. The second-order valence-electron chi connectivity index (χ2n) is 6.01. The number of quaternary nitrogens is 1. The standard InChI is InChI=1S/C18H29N/c1-2-4-6-8-10-13-18-14-12-16-19(17-18)15-11-9-7-5-3-1/h1,3,12,14,17H,2,4-11,13,15-16H2/p+1. The SMILES string of the molecule is C1=CCCCCC[NH+]2C=C(C=CC2)CCCCCC1. The van der Waals surface area contributed by atoms with Crippen LogP contribution in [0.4, 0.5) is 0 Å². The molecule has 0 fully saturated rings. The second-order valence-corrected chi connectivity index (χ2v) is 6.01. The van der Waals surface area contributed by atoms with Gasteiger partial charge in [-0.1, -0.05) is 31.1 Å². The molecule has 19 heavy (non-hydrogen) atoms. The van der Waals surface area contributed by atoms with Crippen molar-refractivity contribution in [1.29, 1.82) is 0 Å². The van der Waals surface area contributed by atoms with E-state index in [0.717, 1.165) is 0 Å². The Kier molecular flexibility index (Phi) is 7.02. The third kappa shape index (κ3) is 6.24. The maximum Gasteiger partial charge on any atom is 0.100 e. The summed E-state index contributed by atoms with van der Waals surface area (Å²) in [6.45, 7) is 2.51. The van der Waals surface area contributed by atoms with Crippen LogP contribution in [0.5, 0.6) is 0 Å². The largest absolute Gasteiger partial charge is 0.305 e. The van der Waals surface area contributed by atoms with Gasteiger partial charge in [0.15, 0.2) is 0 Å². The zero-order valence-corrected chi connectivity index (χ0v) is 12.4. The summed E-state index contributed by atoms with van der Waals surface area (Å²) in [5.41, 5.74) is 1.58. The van der Waals surface area contributed by atoms with Gasteiger partial charge < -0.3 is 4.90 Å². The van der Waals surface area contributed by atoms with Gasteiger partial charge in [0.1, 0.15) is 6.54 Å². The Labute approximate surface area is 119 Å². The fourth-order valence-electron chi connectivity index (χ4n) is 3.03. The lowest BCUT2D eigenvalue weighted by atomic mass is 10.0. The van der Waals surface area contributed by atoms with Crippen LogP contribution in [0.1, 0.15) is 64.2 Å². The van der Waals surface area contributed by atoms with Crippen molar-refractivity contribution in [2.75, 3.05) is 13.1 Å². The van der Waals surface area contributed by atoms with Gasteiger partial charge in [0.05, 0.1) is 12.7 Å². The van der Waals surface area contributed by atoms with Gasteiger partial charge in [-0.2, -0.15) is 0 Å². The summed E-state index contributed by atoms with van der Waals surface area (Å²) in [5, 5.41) is 0. The molecule has 0 aromatic heterocycles. The molecule has 2 aliphatic heterocycles. The molecule has 0 aromatic carbocycles. The molecule has 1 atom stereocenters. The Hall–Kier alpha value is -0.820. The summed E-state index contributed by atoms with van der Waals surface area (Å²) in [4.78, 5) is 1.67. The quantitative estimate of drug-likeness (QED) is 0.632. The van der Waals surface area contributed by atoms with Gasteiger partial charge in [-0.25, -0.2) is 0 Å². The van der Waals surface area contributed by atoms with Crippen LogP contribution in [0.15, 0.2) is 36.1 Å². The van der Waals surface area contributed by atoms with Crippen molar-refractivity contribution in [3.05, 3.63) is 36.1 Å². The molecule has 2 heterocycles. The highest BCUT2D eigenvalue weighted by Gasteiger charge is 2.09. The highest BCUT2D eigenvalue weighted by atomic mass is 15.1. The van der Waals surface area contributed by atoms with Crippen molar-refractivity contribution in [2.45, 2.75) is 64.2 Å². The Balaban J connectivity index is 1.80. The summed E-state index contributed by atoms with van der Waals surface area (Å²) in [7, 11) is 0. The number of hydrogen-bond donors (Lipinski definition) is 1. The molecular weight excluding hydrogens is 230 g/mol. The highest BCUT2D eigenvalue weighted by molar-refractivity contribution is 5.18. The van der Waals surface area contributed by atoms with Gasteiger partial charge in [0, 0.05) is 5.57 Å². The average Bonchev–Trinajstić information content (AvgIpc) is 2.43. The van der Waals surface area contributed by atoms with E-state index < -0.39 is 0 Å². The second kappa shape index (κ2) is 9.14. The van der Waals surface area contributed by atoms with E-state index in [-0.39, 0.29) is 0 Å². The molecule has 0 spiro atoms. The first-order valence-corrected chi connectivity index (χ1v) is 8.32. The van der Waals surface area contributed by atoms with E-state index >= 15 is 0 Å². The molecule has 0 aromatic rings. The van der Waals surface area contributed by atoms with Crippen molar-refractivity contribution in [2.24, 2.45) is 0 Å². The maximum absolute atomic E-state index is 2.49. The van der Waals surface area contributed by atoms with Gasteiger partial charge in [-0.05, 0) is 57.4 Å².